The Balaban J connectivity index is 1.35. The zero-order valence-corrected chi connectivity index (χ0v) is 20.0. The zero-order chi connectivity index (χ0) is 25.2. The molecule has 1 aliphatic carbocycles. The summed E-state index contributed by atoms with van der Waals surface area (Å²) in [5.41, 5.74) is 2.55. The second-order valence-corrected chi connectivity index (χ2v) is 9.66. The third-order valence-corrected chi connectivity index (χ3v) is 7.62. The first kappa shape index (κ1) is 25.3. The first-order chi connectivity index (χ1) is 16.7. The normalized spacial score (nSPS) is 23.2. The van der Waals surface area contributed by atoms with Crippen LogP contribution in [0.1, 0.15) is 49.7 Å². The van der Waals surface area contributed by atoms with Crippen LogP contribution in [0.3, 0.4) is 0 Å². The summed E-state index contributed by atoms with van der Waals surface area (Å²) in [6.07, 6.45) is 0.867. The quantitative estimate of drug-likeness (QED) is 0.581. The van der Waals surface area contributed by atoms with Gasteiger partial charge in [0, 0.05) is 44.3 Å². The lowest BCUT2D eigenvalue weighted by Gasteiger charge is -2.34. The summed E-state index contributed by atoms with van der Waals surface area (Å²) in [4.78, 5) is 40.8. The molecule has 1 aromatic rings. The van der Waals surface area contributed by atoms with Crippen molar-refractivity contribution in [2.45, 2.75) is 63.6 Å². The summed E-state index contributed by atoms with van der Waals surface area (Å²) in [6.45, 7) is 1.25. The number of hydrogen-bond donors (Lipinski definition) is 0. The predicted molar refractivity (Wildman–Crippen MR) is 123 cm³/mol. The Morgan fingerprint density at radius 2 is 1.69 bits per heavy atom. The van der Waals surface area contributed by atoms with E-state index in [0.29, 0.717) is 38.3 Å². The van der Waals surface area contributed by atoms with Crippen molar-refractivity contribution in [1.82, 2.24) is 9.80 Å². The number of urea groups is 1. The molecule has 10 heteroatoms. The van der Waals surface area contributed by atoms with E-state index in [1.807, 2.05) is 23.1 Å². The van der Waals surface area contributed by atoms with Crippen molar-refractivity contribution in [3.63, 3.8) is 0 Å². The van der Waals surface area contributed by atoms with Crippen molar-refractivity contribution < 1.29 is 32.3 Å². The SMILES string of the molecule is COC(=O)CC[C@H]1CC[C@H](N2CCN(c3ccc4c(c3)CCN(C(=O)C(F)(F)F)CC4)C2=O)CC1. The molecule has 0 bridgehead atoms. The Hall–Kier alpha value is -2.78. The van der Waals surface area contributed by atoms with Crippen molar-refractivity contribution in [2.24, 2.45) is 5.92 Å². The highest BCUT2D eigenvalue weighted by molar-refractivity contribution is 5.94. The largest absolute Gasteiger partial charge is 0.471 e. The Labute approximate surface area is 203 Å². The lowest BCUT2D eigenvalue weighted by atomic mass is 9.83. The molecule has 2 fully saturated rings. The monoisotopic (exact) mass is 495 g/mol. The minimum absolute atomic E-state index is 0.00802. The summed E-state index contributed by atoms with van der Waals surface area (Å²) in [7, 11) is 1.40. The Kier molecular flexibility index (Phi) is 7.56. The average molecular weight is 496 g/mol. The van der Waals surface area contributed by atoms with Gasteiger partial charge in [0.15, 0.2) is 0 Å². The van der Waals surface area contributed by atoms with Crippen LogP contribution in [0, 0.1) is 5.92 Å². The maximum absolute atomic E-state index is 13.2. The van der Waals surface area contributed by atoms with Crippen LogP contribution in [-0.2, 0) is 27.2 Å². The molecule has 3 aliphatic rings. The molecule has 0 radical (unpaired) electrons. The molecule has 0 unspecified atom stereocenters. The minimum atomic E-state index is -4.87. The average Bonchev–Trinajstić information content (AvgIpc) is 3.10. The number of hydrogen-bond acceptors (Lipinski definition) is 4. The van der Waals surface area contributed by atoms with Crippen LogP contribution in [0.25, 0.3) is 0 Å². The molecule has 2 aliphatic heterocycles. The molecule has 0 aromatic heterocycles. The molecule has 1 saturated heterocycles. The van der Waals surface area contributed by atoms with Crippen molar-refractivity contribution in [3.05, 3.63) is 29.3 Å². The molecule has 0 spiro atoms. The van der Waals surface area contributed by atoms with Gasteiger partial charge in [-0.05, 0) is 74.1 Å². The van der Waals surface area contributed by atoms with E-state index < -0.39 is 12.1 Å². The highest BCUT2D eigenvalue weighted by atomic mass is 19.4. The van der Waals surface area contributed by atoms with Crippen LogP contribution in [0.15, 0.2) is 18.2 Å². The van der Waals surface area contributed by atoms with Gasteiger partial charge >= 0.3 is 24.1 Å². The molecule has 0 N–H and O–H groups in total. The fourth-order valence-electron chi connectivity index (χ4n) is 5.56. The van der Waals surface area contributed by atoms with E-state index >= 15 is 0 Å². The second kappa shape index (κ2) is 10.5. The molecule has 35 heavy (non-hydrogen) atoms. The number of rotatable bonds is 5. The van der Waals surface area contributed by atoms with Crippen molar-refractivity contribution in [1.29, 1.82) is 0 Å². The Morgan fingerprint density at radius 3 is 2.34 bits per heavy atom. The fraction of sp³-hybridized carbons (Fsp3) is 0.640. The number of methoxy groups -OCH3 is 1. The summed E-state index contributed by atoms with van der Waals surface area (Å²) in [6, 6.07) is 5.76. The Morgan fingerprint density at radius 1 is 1.00 bits per heavy atom. The van der Waals surface area contributed by atoms with E-state index in [1.165, 1.54) is 7.11 Å². The molecule has 192 valence electrons. The van der Waals surface area contributed by atoms with E-state index in [9.17, 15) is 27.6 Å². The van der Waals surface area contributed by atoms with Crippen LogP contribution < -0.4 is 4.90 Å². The van der Waals surface area contributed by atoms with E-state index in [1.54, 1.807) is 4.90 Å². The van der Waals surface area contributed by atoms with Crippen LogP contribution in [0.4, 0.5) is 23.7 Å². The van der Waals surface area contributed by atoms with E-state index in [0.717, 1.165) is 53.8 Å². The Bertz CT molecular complexity index is 960. The third kappa shape index (κ3) is 5.73. The summed E-state index contributed by atoms with van der Waals surface area (Å²) >= 11 is 0. The summed E-state index contributed by atoms with van der Waals surface area (Å²) in [5, 5.41) is 0. The zero-order valence-electron chi connectivity index (χ0n) is 20.0. The molecule has 4 rings (SSSR count). The number of carbonyl (C=O) groups excluding carboxylic acids is 3. The summed E-state index contributed by atoms with van der Waals surface area (Å²) in [5.74, 6) is -1.50. The fourth-order valence-corrected chi connectivity index (χ4v) is 5.56. The van der Waals surface area contributed by atoms with Gasteiger partial charge in [0.2, 0.25) is 0 Å². The van der Waals surface area contributed by atoms with Crippen LogP contribution in [0.5, 0.6) is 0 Å². The first-order valence-corrected chi connectivity index (χ1v) is 12.3. The topological polar surface area (TPSA) is 70.2 Å². The minimum Gasteiger partial charge on any atom is -0.469 e. The van der Waals surface area contributed by atoms with Gasteiger partial charge in [0.1, 0.15) is 0 Å². The molecule has 2 heterocycles. The van der Waals surface area contributed by atoms with Gasteiger partial charge in [-0.2, -0.15) is 13.2 Å². The maximum Gasteiger partial charge on any atom is 0.471 e. The van der Waals surface area contributed by atoms with Gasteiger partial charge in [0.25, 0.3) is 0 Å². The number of carbonyl (C=O) groups is 3. The van der Waals surface area contributed by atoms with Gasteiger partial charge in [-0.3, -0.25) is 14.5 Å². The van der Waals surface area contributed by atoms with Gasteiger partial charge in [-0.25, -0.2) is 4.79 Å². The predicted octanol–water partition coefficient (Wildman–Crippen LogP) is 3.93. The van der Waals surface area contributed by atoms with Crippen molar-refractivity contribution >= 4 is 23.6 Å². The number of ether oxygens (including phenoxy) is 1. The van der Waals surface area contributed by atoms with Crippen LogP contribution >= 0.6 is 0 Å². The van der Waals surface area contributed by atoms with Gasteiger partial charge in [0.05, 0.1) is 7.11 Å². The lowest BCUT2D eigenvalue weighted by molar-refractivity contribution is -0.185. The molecule has 1 aromatic carbocycles. The molecular weight excluding hydrogens is 463 g/mol. The maximum atomic E-state index is 13.2. The smallest absolute Gasteiger partial charge is 0.469 e. The number of nitrogens with zero attached hydrogens (tertiary/aromatic N) is 3. The van der Waals surface area contributed by atoms with E-state index in [4.69, 9.17) is 4.74 Å². The molecular formula is C25H32F3N3O4. The number of halogens is 3. The van der Waals surface area contributed by atoms with Crippen LogP contribution in [0.2, 0.25) is 0 Å². The highest BCUT2D eigenvalue weighted by Crippen LogP contribution is 2.34. The number of anilines is 1. The highest BCUT2D eigenvalue weighted by Gasteiger charge is 2.42. The number of alkyl halides is 3. The van der Waals surface area contributed by atoms with Gasteiger partial charge in [-0.1, -0.05) is 6.07 Å². The molecule has 1 saturated carbocycles. The molecule has 7 nitrogen and oxygen atoms in total. The molecule has 3 amide bonds. The van der Waals surface area contributed by atoms with Gasteiger partial charge in [-0.15, -0.1) is 0 Å². The van der Waals surface area contributed by atoms with Crippen molar-refractivity contribution in [3.8, 4) is 0 Å². The van der Waals surface area contributed by atoms with E-state index in [2.05, 4.69) is 0 Å². The summed E-state index contributed by atoms with van der Waals surface area (Å²) < 4.78 is 43.3. The molecule has 0 atom stereocenters. The second-order valence-electron chi connectivity index (χ2n) is 9.66. The van der Waals surface area contributed by atoms with Crippen LogP contribution in [-0.4, -0.2) is 73.2 Å². The van der Waals surface area contributed by atoms with Crippen molar-refractivity contribution in [2.75, 3.05) is 38.2 Å². The lowest BCUT2D eigenvalue weighted by Crippen LogP contribution is -2.42. The third-order valence-electron chi connectivity index (χ3n) is 7.62. The van der Waals surface area contributed by atoms with E-state index in [-0.39, 0.29) is 31.1 Å². The number of fused-ring (bicyclic) bond motifs is 1. The number of benzene rings is 1. The van der Waals surface area contributed by atoms with Gasteiger partial charge < -0.3 is 14.5 Å². The first-order valence-electron chi connectivity index (χ1n) is 12.3. The standard InChI is InChI=1S/C25H32F3N3O4/c1-35-22(32)9-4-17-2-6-20(7-3-17)30-14-15-31(24(30)34)21-8-5-18-10-12-29(13-11-19(18)16-21)23(33)25(26,27)28/h5,8,16-17,20H,2-4,6-7,9-15H2,1H3/t17-,20-. The number of amides is 3. The number of esters is 1.